The molecular formula is C20H30O6. The predicted molar refractivity (Wildman–Crippen MR) is 99.3 cm³/mol. The van der Waals surface area contributed by atoms with Crippen molar-refractivity contribution in [2.24, 2.45) is 0 Å². The molecule has 0 aliphatic carbocycles. The second-order valence-corrected chi connectivity index (χ2v) is 6.30. The van der Waals surface area contributed by atoms with E-state index in [1.807, 2.05) is 6.92 Å². The van der Waals surface area contributed by atoms with Crippen LogP contribution in [0.1, 0.15) is 33.1 Å². The minimum atomic E-state index is -0.850. The Labute approximate surface area is 155 Å². The lowest BCUT2D eigenvalue weighted by atomic mass is 10.0. The Kier molecular flexibility index (Phi) is 10.1. The van der Waals surface area contributed by atoms with Crippen molar-refractivity contribution in [3.8, 4) is 0 Å². The van der Waals surface area contributed by atoms with Gasteiger partial charge in [0.25, 0.3) is 0 Å². The summed E-state index contributed by atoms with van der Waals surface area (Å²) in [6.45, 7) is 11.0. The molecule has 0 spiro atoms. The third kappa shape index (κ3) is 8.10. The van der Waals surface area contributed by atoms with Crippen LogP contribution in [0.4, 0.5) is 0 Å². The fourth-order valence-electron chi connectivity index (χ4n) is 2.40. The Balaban J connectivity index is 2.28. The van der Waals surface area contributed by atoms with Gasteiger partial charge in [0.1, 0.15) is 12.7 Å². The van der Waals surface area contributed by atoms with Crippen LogP contribution in [0, 0.1) is 0 Å². The first kappa shape index (κ1) is 22.3. The fourth-order valence-corrected chi connectivity index (χ4v) is 2.40. The maximum absolute atomic E-state index is 11.6. The first-order valence-corrected chi connectivity index (χ1v) is 8.81. The lowest BCUT2D eigenvalue weighted by molar-refractivity contribution is -0.273. The molecule has 0 saturated carbocycles. The highest BCUT2D eigenvalue weighted by Crippen LogP contribution is 2.22. The third-order valence-corrected chi connectivity index (χ3v) is 4.02. The van der Waals surface area contributed by atoms with Gasteiger partial charge in [-0.2, -0.15) is 0 Å². The average molecular weight is 366 g/mol. The van der Waals surface area contributed by atoms with Gasteiger partial charge in [0, 0.05) is 12.5 Å². The van der Waals surface area contributed by atoms with E-state index >= 15 is 0 Å². The highest BCUT2D eigenvalue weighted by molar-refractivity contribution is 5.82. The van der Waals surface area contributed by atoms with Crippen LogP contribution in [0.5, 0.6) is 0 Å². The molecule has 1 heterocycles. The molecule has 0 aromatic carbocycles. The van der Waals surface area contributed by atoms with Crippen LogP contribution in [0.25, 0.3) is 0 Å². The number of esters is 1. The lowest BCUT2D eigenvalue weighted by Gasteiger charge is -2.36. The summed E-state index contributed by atoms with van der Waals surface area (Å²) in [6.07, 6.45) is 6.73. The molecule has 1 saturated heterocycles. The average Bonchev–Trinajstić information content (AvgIpc) is 2.60. The molecule has 0 amide bonds. The molecule has 0 unspecified atom stereocenters. The van der Waals surface area contributed by atoms with Gasteiger partial charge in [-0.15, -0.1) is 0 Å². The zero-order chi connectivity index (χ0) is 19.5. The van der Waals surface area contributed by atoms with Crippen molar-refractivity contribution in [2.75, 3.05) is 6.61 Å². The van der Waals surface area contributed by atoms with E-state index < -0.39 is 24.5 Å². The Morgan fingerprint density at radius 3 is 2.73 bits per heavy atom. The Bertz CT molecular complexity index is 524. The highest BCUT2D eigenvalue weighted by atomic mass is 16.7. The fraction of sp³-hybridized carbons (Fsp3) is 0.550. The number of aliphatic hydroxyl groups is 2. The lowest BCUT2D eigenvalue weighted by Crippen LogP contribution is -2.48. The van der Waals surface area contributed by atoms with Crippen molar-refractivity contribution in [3.05, 3.63) is 49.1 Å². The van der Waals surface area contributed by atoms with Crippen LogP contribution in [-0.2, 0) is 19.0 Å². The van der Waals surface area contributed by atoms with Crippen LogP contribution >= 0.6 is 0 Å². The number of ether oxygens (including phenoxy) is 3. The Hall–Kier alpha value is -1.73. The molecule has 146 valence electrons. The van der Waals surface area contributed by atoms with Crippen molar-refractivity contribution in [1.29, 1.82) is 0 Å². The van der Waals surface area contributed by atoms with E-state index in [1.54, 1.807) is 31.2 Å². The van der Waals surface area contributed by atoms with Gasteiger partial charge >= 0.3 is 5.97 Å². The van der Waals surface area contributed by atoms with Gasteiger partial charge in [-0.3, -0.25) is 0 Å². The summed E-state index contributed by atoms with van der Waals surface area (Å²) in [4.78, 5) is 11.6. The number of allylic oxidation sites excluding steroid dienone is 3. The molecule has 6 heteroatoms. The molecular weight excluding hydrogens is 336 g/mol. The van der Waals surface area contributed by atoms with Crippen LogP contribution in [0.3, 0.4) is 0 Å². The van der Waals surface area contributed by atoms with Crippen molar-refractivity contribution in [3.63, 3.8) is 0 Å². The monoisotopic (exact) mass is 366 g/mol. The molecule has 0 radical (unpaired) electrons. The zero-order valence-corrected chi connectivity index (χ0v) is 15.5. The summed E-state index contributed by atoms with van der Waals surface area (Å²) in [5.41, 5.74) is 0.772. The first-order valence-electron chi connectivity index (χ1n) is 8.81. The van der Waals surface area contributed by atoms with Crippen LogP contribution in [0.2, 0.25) is 0 Å². The molecule has 2 N–H and O–H groups in total. The maximum atomic E-state index is 11.6. The van der Waals surface area contributed by atoms with Gasteiger partial charge in [0.05, 0.1) is 18.3 Å². The van der Waals surface area contributed by atoms with E-state index in [4.69, 9.17) is 14.2 Å². The first-order chi connectivity index (χ1) is 12.4. The molecule has 0 bridgehead atoms. The molecule has 6 nitrogen and oxygen atoms in total. The van der Waals surface area contributed by atoms with Crippen molar-refractivity contribution in [2.45, 2.75) is 63.8 Å². The largest absolute Gasteiger partial charge is 0.458 e. The number of carbonyl (C=O) groups excluding carboxylic acids is 1. The van der Waals surface area contributed by atoms with E-state index in [0.717, 1.165) is 5.57 Å². The minimum absolute atomic E-state index is 0.152. The summed E-state index contributed by atoms with van der Waals surface area (Å²) in [5, 5.41) is 19.6. The van der Waals surface area contributed by atoms with Crippen LogP contribution in [-0.4, -0.2) is 53.5 Å². The smallest absolute Gasteiger partial charge is 0.330 e. The zero-order valence-electron chi connectivity index (χ0n) is 15.5. The van der Waals surface area contributed by atoms with Gasteiger partial charge in [-0.05, 0) is 32.3 Å². The van der Waals surface area contributed by atoms with E-state index in [9.17, 15) is 15.0 Å². The summed E-state index contributed by atoms with van der Waals surface area (Å²) in [5.74, 6) is -0.427. The molecule has 1 rings (SSSR count). The topological polar surface area (TPSA) is 85.2 Å². The quantitative estimate of drug-likeness (QED) is 0.351. The number of hydrogen-bond donors (Lipinski definition) is 2. The van der Waals surface area contributed by atoms with Crippen molar-refractivity contribution < 1.29 is 29.2 Å². The maximum Gasteiger partial charge on any atom is 0.330 e. The molecule has 1 aliphatic rings. The van der Waals surface area contributed by atoms with Gasteiger partial charge in [-0.1, -0.05) is 37.5 Å². The van der Waals surface area contributed by atoms with Crippen molar-refractivity contribution in [1.82, 2.24) is 0 Å². The van der Waals surface area contributed by atoms with Gasteiger partial charge in [0.2, 0.25) is 0 Å². The second-order valence-electron chi connectivity index (χ2n) is 6.30. The molecule has 0 aromatic heterocycles. The molecule has 5 atom stereocenters. The van der Waals surface area contributed by atoms with E-state index in [1.165, 1.54) is 6.08 Å². The Morgan fingerprint density at radius 2 is 2.08 bits per heavy atom. The number of aliphatic hydroxyl groups excluding tert-OH is 2. The third-order valence-electron chi connectivity index (χ3n) is 4.02. The normalized spacial score (nSPS) is 27.9. The summed E-state index contributed by atoms with van der Waals surface area (Å²) in [7, 11) is 0. The van der Waals surface area contributed by atoms with Crippen molar-refractivity contribution >= 4 is 5.97 Å². The Morgan fingerprint density at radius 1 is 1.35 bits per heavy atom. The molecule has 26 heavy (non-hydrogen) atoms. The van der Waals surface area contributed by atoms with Crippen LogP contribution in [0.15, 0.2) is 49.1 Å². The van der Waals surface area contributed by atoms with Gasteiger partial charge in [0.15, 0.2) is 6.29 Å². The summed E-state index contributed by atoms with van der Waals surface area (Å²) >= 11 is 0. The van der Waals surface area contributed by atoms with Gasteiger partial charge < -0.3 is 24.4 Å². The number of hydrogen-bond acceptors (Lipinski definition) is 6. The van der Waals surface area contributed by atoms with E-state index in [0.29, 0.717) is 12.8 Å². The number of rotatable bonds is 10. The summed E-state index contributed by atoms with van der Waals surface area (Å²) in [6, 6.07) is 0. The van der Waals surface area contributed by atoms with E-state index in [2.05, 4.69) is 13.2 Å². The van der Waals surface area contributed by atoms with Crippen LogP contribution < -0.4 is 0 Å². The van der Waals surface area contributed by atoms with E-state index in [-0.39, 0.29) is 25.2 Å². The minimum Gasteiger partial charge on any atom is -0.458 e. The molecule has 1 fully saturated rings. The molecule has 1 aliphatic heterocycles. The predicted octanol–water partition coefficient (Wildman–Crippen LogP) is 2.43. The standard InChI is InChI=1S/C20H30O6/c1-5-9-16(6-2)13-24-19(23)11-8-7-10-14(3)25-20-18(22)12-17(21)15(4)26-20/h5-6,8-9,11,14-15,17-18,20-22H,1-2,7,10,12-13H2,3-4H3/b11-8+,16-9+/t14-,15+,17-,18-,20-/m1/s1. The SMILES string of the molecule is C=C/C=C(\C=C)COC(=O)/C=C/CC[C@@H](C)O[C@@H]1O[C@@H](C)[C@H](O)C[C@H]1O. The summed E-state index contributed by atoms with van der Waals surface area (Å²) < 4.78 is 16.3. The highest BCUT2D eigenvalue weighted by Gasteiger charge is 2.35. The number of carbonyl (C=O) groups is 1. The second kappa shape index (κ2) is 11.8. The van der Waals surface area contributed by atoms with Gasteiger partial charge in [-0.25, -0.2) is 4.79 Å². The molecule has 0 aromatic rings.